The number of carbonyl (C=O) groups is 2. The third-order valence-electron chi connectivity index (χ3n) is 6.24. The maximum Gasteiger partial charge on any atom is 0.332 e. The summed E-state index contributed by atoms with van der Waals surface area (Å²) in [6, 6.07) is 26.4. The van der Waals surface area contributed by atoms with E-state index in [9.17, 15) is 19.7 Å². The molecule has 3 aromatic carbocycles. The van der Waals surface area contributed by atoms with Gasteiger partial charge in [-0.05, 0) is 57.5 Å². The Balaban J connectivity index is 1.66. The highest BCUT2D eigenvalue weighted by Crippen LogP contribution is 2.28. The second kappa shape index (κ2) is 12.9. The molecule has 0 aliphatic heterocycles. The molecule has 38 heavy (non-hydrogen) atoms. The van der Waals surface area contributed by atoms with Crippen LogP contribution in [0.25, 0.3) is 5.57 Å². The molecule has 0 heterocycles. The molecule has 0 saturated carbocycles. The van der Waals surface area contributed by atoms with Crippen LogP contribution in [0.3, 0.4) is 0 Å². The number of ketones is 1. The summed E-state index contributed by atoms with van der Waals surface area (Å²) in [5, 5.41) is 11.1. The van der Waals surface area contributed by atoms with Gasteiger partial charge >= 0.3 is 5.97 Å². The first-order valence-corrected chi connectivity index (χ1v) is 12.5. The molecule has 198 valence electrons. The molecule has 0 spiro atoms. The lowest BCUT2D eigenvalue weighted by Crippen LogP contribution is -2.40. The van der Waals surface area contributed by atoms with Crippen LogP contribution in [-0.2, 0) is 14.3 Å². The lowest BCUT2D eigenvalue weighted by molar-refractivity contribution is -0.384. The van der Waals surface area contributed by atoms with Crippen molar-refractivity contribution >= 4 is 23.0 Å². The predicted molar refractivity (Wildman–Crippen MR) is 149 cm³/mol. The molecule has 0 radical (unpaired) electrons. The number of nitro benzene ring substituents is 1. The van der Waals surface area contributed by atoms with Crippen molar-refractivity contribution in [2.45, 2.75) is 38.7 Å². The van der Waals surface area contributed by atoms with Crippen LogP contribution in [0.5, 0.6) is 0 Å². The molecule has 0 aliphatic carbocycles. The van der Waals surface area contributed by atoms with Crippen molar-refractivity contribution in [2.24, 2.45) is 0 Å². The van der Waals surface area contributed by atoms with Gasteiger partial charge in [-0.1, -0.05) is 72.8 Å². The number of hydrogen-bond acceptors (Lipinski definition) is 6. The SMILES string of the molecule is CC(=O)C(=CC(=O)OC(C)(C)CN(C)CCC(c1ccccc1)c1ccccc1)c1cccc([N+](=O)[O-])c1. The van der Waals surface area contributed by atoms with Gasteiger partial charge in [0, 0.05) is 36.2 Å². The standard InChI is InChI=1S/C31H34N2O5/c1-23(34)29(26-16-11-17-27(20-26)33(36)37)21-30(35)38-31(2,3)22-32(4)19-18-28(24-12-7-5-8-13-24)25-14-9-6-10-15-25/h5-17,20-21,28H,18-19,22H2,1-4H3. The average Bonchev–Trinajstić information content (AvgIpc) is 2.88. The summed E-state index contributed by atoms with van der Waals surface area (Å²) in [6.07, 6.45) is 2.00. The molecule has 0 aromatic heterocycles. The molecule has 0 saturated heterocycles. The number of allylic oxidation sites excluding steroid dienone is 1. The quantitative estimate of drug-likeness (QED) is 0.127. The number of ether oxygens (including phenoxy) is 1. The Morgan fingerprint density at radius 1 is 0.974 bits per heavy atom. The molecule has 7 heteroatoms. The number of rotatable bonds is 12. The molecule has 0 atom stereocenters. The summed E-state index contributed by atoms with van der Waals surface area (Å²) in [7, 11) is 1.99. The van der Waals surface area contributed by atoms with E-state index in [4.69, 9.17) is 4.74 Å². The van der Waals surface area contributed by atoms with Gasteiger partial charge in [-0.3, -0.25) is 14.9 Å². The number of nitro groups is 1. The molecule has 0 amide bonds. The Morgan fingerprint density at radius 3 is 2.08 bits per heavy atom. The summed E-state index contributed by atoms with van der Waals surface area (Å²) in [6.45, 7) is 6.21. The van der Waals surface area contributed by atoms with Crippen molar-refractivity contribution in [2.75, 3.05) is 20.1 Å². The normalized spacial score (nSPS) is 12.0. The summed E-state index contributed by atoms with van der Waals surface area (Å²) in [4.78, 5) is 37.7. The maximum absolute atomic E-state index is 12.8. The smallest absolute Gasteiger partial charge is 0.332 e. The van der Waals surface area contributed by atoms with Crippen molar-refractivity contribution in [3.05, 3.63) is 118 Å². The van der Waals surface area contributed by atoms with Gasteiger partial charge in [0.15, 0.2) is 5.78 Å². The number of likely N-dealkylation sites (N-methyl/N-ethyl adjacent to an activating group) is 1. The van der Waals surface area contributed by atoms with E-state index in [-0.39, 0.29) is 23.0 Å². The predicted octanol–water partition coefficient (Wildman–Crippen LogP) is 6.04. The fraction of sp³-hybridized carbons (Fsp3) is 0.290. The Hall–Kier alpha value is -4.10. The van der Waals surface area contributed by atoms with Gasteiger partial charge in [-0.2, -0.15) is 0 Å². The van der Waals surface area contributed by atoms with Crippen LogP contribution in [0.2, 0.25) is 0 Å². The zero-order valence-corrected chi connectivity index (χ0v) is 22.3. The van der Waals surface area contributed by atoms with Gasteiger partial charge in [0.2, 0.25) is 0 Å². The minimum absolute atomic E-state index is 0.0661. The number of benzene rings is 3. The van der Waals surface area contributed by atoms with E-state index in [1.54, 1.807) is 6.07 Å². The second-order valence-electron chi connectivity index (χ2n) is 10.0. The van der Waals surface area contributed by atoms with Gasteiger partial charge < -0.3 is 9.64 Å². The lowest BCUT2D eigenvalue weighted by atomic mass is 9.88. The molecule has 3 rings (SSSR count). The van der Waals surface area contributed by atoms with Gasteiger partial charge in [-0.15, -0.1) is 0 Å². The van der Waals surface area contributed by atoms with E-state index < -0.39 is 16.5 Å². The van der Waals surface area contributed by atoms with Crippen molar-refractivity contribution < 1.29 is 19.2 Å². The van der Waals surface area contributed by atoms with Gasteiger partial charge in [-0.25, -0.2) is 4.79 Å². The zero-order valence-electron chi connectivity index (χ0n) is 22.3. The van der Waals surface area contributed by atoms with Crippen LogP contribution >= 0.6 is 0 Å². The molecule has 0 aliphatic rings. The van der Waals surface area contributed by atoms with Gasteiger partial charge in [0.25, 0.3) is 5.69 Å². The van der Waals surface area contributed by atoms with Crippen LogP contribution in [0.1, 0.15) is 49.8 Å². The van der Waals surface area contributed by atoms with Crippen LogP contribution in [-0.4, -0.2) is 47.3 Å². The van der Waals surface area contributed by atoms with Crippen molar-refractivity contribution in [1.82, 2.24) is 4.90 Å². The minimum atomic E-state index is -0.831. The third-order valence-corrected chi connectivity index (χ3v) is 6.24. The molecule has 3 aromatic rings. The summed E-state index contributed by atoms with van der Waals surface area (Å²) in [5.41, 5.74) is 1.88. The van der Waals surface area contributed by atoms with Crippen LogP contribution in [0.15, 0.2) is 91.0 Å². The number of nitrogens with zero attached hydrogens (tertiary/aromatic N) is 2. The fourth-order valence-electron chi connectivity index (χ4n) is 4.60. The molecule has 7 nitrogen and oxygen atoms in total. The number of non-ortho nitro benzene ring substituents is 1. The first kappa shape index (κ1) is 28.5. The number of esters is 1. The van der Waals surface area contributed by atoms with E-state index in [1.807, 2.05) is 57.3 Å². The van der Waals surface area contributed by atoms with E-state index in [0.717, 1.165) is 19.0 Å². The van der Waals surface area contributed by atoms with E-state index >= 15 is 0 Å². The molecule has 0 fully saturated rings. The van der Waals surface area contributed by atoms with Crippen molar-refractivity contribution in [3.63, 3.8) is 0 Å². The average molecular weight is 515 g/mol. The first-order valence-electron chi connectivity index (χ1n) is 12.5. The zero-order chi connectivity index (χ0) is 27.7. The summed E-state index contributed by atoms with van der Waals surface area (Å²) < 4.78 is 5.72. The van der Waals surface area contributed by atoms with Crippen LogP contribution in [0, 0.1) is 10.1 Å². The van der Waals surface area contributed by atoms with E-state index in [0.29, 0.717) is 12.1 Å². The van der Waals surface area contributed by atoms with Crippen molar-refractivity contribution in [1.29, 1.82) is 0 Å². The summed E-state index contributed by atoms with van der Waals surface area (Å²) in [5.74, 6) is -0.821. The molecule has 0 unspecified atom stereocenters. The Kier molecular flexibility index (Phi) is 9.68. The highest BCUT2D eigenvalue weighted by Gasteiger charge is 2.26. The van der Waals surface area contributed by atoms with Crippen LogP contribution in [0.4, 0.5) is 5.69 Å². The third kappa shape index (κ3) is 8.21. The molecule has 0 bridgehead atoms. The molecular formula is C31H34N2O5. The monoisotopic (exact) mass is 514 g/mol. The highest BCUT2D eigenvalue weighted by atomic mass is 16.6. The lowest BCUT2D eigenvalue weighted by Gasteiger charge is -2.31. The van der Waals surface area contributed by atoms with E-state index in [1.165, 1.54) is 36.2 Å². The highest BCUT2D eigenvalue weighted by molar-refractivity contribution is 6.23. The topological polar surface area (TPSA) is 89.8 Å². The molecular weight excluding hydrogens is 480 g/mol. The Morgan fingerprint density at radius 2 is 1.55 bits per heavy atom. The van der Waals surface area contributed by atoms with E-state index in [2.05, 4.69) is 29.2 Å². The first-order chi connectivity index (χ1) is 18.1. The Labute approximate surface area is 223 Å². The largest absolute Gasteiger partial charge is 0.455 e. The maximum atomic E-state index is 12.8. The number of Topliss-reactive ketones (excluding diaryl/α,β-unsaturated/α-hetero) is 1. The number of hydrogen-bond donors (Lipinski definition) is 0. The van der Waals surface area contributed by atoms with Gasteiger partial charge in [0.1, 0.15) is 5.60 Å². The molecule has 0 N–H and O–H groups in total. The second-order valence-corrected chi connectivity index (χ2v) is 10.0. The van der Waals surface area contributed by atoms with Gasteiger partial charge in [0.05, 0.1) is 4.92 Å². The summed E-state index contributed by atoms with van der Waals surface area (Å²) >= 11 is 0. The van der Waals surface area contributed by atoms with Crippen molar-refractivity contribution in [3.8, 4) is 0 Å². The number of carbonyl (C=O) groups excluding carboxylic acids is 2. The minimum Gasteiger partial charge on any atom is -0.455 e. The van der Waals surface area contributed by atoms with Crippen LogP contribution < -0.4 is 0 Å². The Bertz CT molecular complexity index is 1250. The fourth-order valence-corrected chi connectivity index (χ4v) is 4.60.